The largest absolute Gasteiger partial charge is 0.347 e. The van der Waals surface area contributed by atoms with Crippen molar-refractivity contribution in [3.8, 4) is 0 Å². The Hall–Kier alpha value is -1.68. The minimum atomic E-state index is -0.0904. The Labute approximate surface area is 162 Å². The van der Waals surface area contributed by atoms with Crippen molar-refractivity contribution in [1.29, 1.82) is 0 Å². The van der Waals surface area contributed by atoms with Crippen molar-refractivity contribution in [2.24, 2.45) is 5.10 Å². The van der Waals surface area contributed by atoms with Gasteiger partial charge in [0.1, 0.15) is 0 Å². The first-order chi connectivity index (χ1) is 11.8. The molecule has 6 heteroatoms. The molecule has 1 heterocycles. The maximum Gasteiger partial charge on any atom is 0.0935 e. The first-order valence-corrected chi connectivity index (χ1v) is 8.93. The van der Waals surface area contributed by atoms with Gasteiger partial charge in [0.2, 0.25) is 0 Å². The van der Waals surface area contributed by atoms with E-state index in [1.807, 2.05) is 6.08 Å². The molecule has 0 amide bonds. The Morgan fingerprint density at radius 3 is 2.36 bits per heavy atom. The lowest BCUT2D eigenvalue weighted by Crippen LogP contribution is -2.23. The van der Waals surface area contributed by atoms with Crippen LogP contribution in [0.3, 0.4) is 0 Å². The fourth-order valence-corrected chi connectivity index (χ4v) is 4.06. The van der Waals surface area contributed by atoms with Crippen LogP contribution in [0.5, 0.6) is 0 Å². The van der Waals surface area contributed by atoms with Gasteiger partial charge in [-0.1, -0.05) is 66.8 Å². The lowest BCUT2D eigenvalue weighted by molar-refractivity contribution is 0.641. The molecule has 0 fully saturated rings. The van der Waals surface area contributed by atoms with Gasteiger partial charge in [-0.05, 0) is 29.8 Å². The van der Waals surface area contributed by atoms with E-state index in [-0.39, 0.29) is 5.41 Å². The van der Waals surface area contributed by atoms with E-state index in [0.29, 0.717) is 20.8 Å². The van der Waals surface area contributed by atoms with Gasteiger partial charge in [0.25, 0.3) is 0 Å². The van der Waals surface area contributed by atoms with Crippen molar-refractivity contribution < 1.29 is 0 Å². The third-order valence-corrected chi connectivity index (χ3v) is 5.25. The number of halogens is 3. The summed E-state index contributed by atoms with van der Waals surface area (Å²) >= 11 is 18.2. The maximum absolute atomic E-state index is 6.14. The molecule has 0 aliphatic carbocycles. The third-order valence-electron chi connectivity index (χ3n) is 4.43. The summed E-state index contributed by atoms with van der Waals surface area (Å²) in [7, 11) is 2.06. The number of hydrogen-bond donors (Lipinski definition) is 1. The Balaban J connectivity index is 1.82. The van der Waals surface area contributed by atoms with E-state index in [4.69, 9.17) is 34.8 Å². The highest BCUT2D eigenvalue weighted by atomic mass is 35.5. The van der Waals surface area contributed by atoms with Crippen molar-refractivity contribution in [3.05, 3.63) is 68.8 Å². The zero-order valence-corrected chi connectivity index (χ0v) is 16.4. The molecule has 1 N–H and O–H groups in total. The highest BCUT2D eigenvalue weighted by molar-refractivity contribution is 6.41. The normalized spacial score (nSPS) is 17.4. The van der Waals surface area contributed by atoms with Crippen LogP contribution in [-0.4, -0.2) is 13.3 Å². The molecule has 2 aromatic carbocycles. The van der Waals surface area contributed by atoms with Crippen LogP contribution in [0.25, 0.3) is 0 Å². The molecule has 1 aliphatic rings. The fraction of sp³-hybridized carbons (Fsp3) is 0.211. The van der Waals surface area contributed by atoms with E-state index in [2.05, 4.69) is 60.6 Å². The molecule has 1 aliphatic heterocycles. The summed E-state index contributed by atoms with van der Waals surface area (Å²) in [6, 6.07) is 11.6. The summed E-state index contributed by atoms with van der Waals surface area (Å²) in [6.07, 6.45) is 3.70. The molecular formula is C19H18Cl3N3. The van der Waals surface area contributed by atoms with E-state index < -0.39 is 0 Å². The lowest BCUT2D eigenvalue weighted by Gasteiger charge is -2.23. The predicted molar refractivity (Wildman–Crippen MR) is 110 cm³/mol. The van der Waals surface area contributed by atoms with Crippen molar-refractivity contribution in [2.75, 3.05) is 17.4 Å². The summed E-state index contributed by atoms with van der Waals surface area (Å²) in [6.45, 7) is 4.41. The monoisotopic (exact) mass is 393 g/mol. The Morgan fingerprint density at radius 1 is 1.08 bits per heavy atom. The Bertz CT molecular complexity index is 849. The third kappa shape index (κ3) is 3.37. The first-order valence-electron chi connectivity index (χ1n) is 7.80. The van der Waals surface area contributed by atoms with Crippen molar-refractivity contribution >= 4 is 52.4 Å². The first kappa shape index (κ1) is 18.1. The SMILES string of the molecule is CN1/C(=C/C=N/Nc2c(Cl)cc(Cl)cc2Cl)C(C)(C)c2ccccc21. The number of anilines is 2. The lowest BCUT2D eigenvalue weighted by atomic mass is 9.84. The van der Waals surface area contributed by atoms with E-state index in [1.165, 1.54) is 11.3 Å². The van der Waals surface area contributed by atoms with Gasteiger partial charge in [-0.25, -0.2) is 0 Å². The number of rotatable bonds is 3. The smallest absolute Gasteiger partial charge is 0.0935 e. The summed E-state index contributed by atoms with van der Waals surface area (Å²) < 4.78 is 0. The van der Waals surface area contributed by atoms with Gasteiger partial charge in [0.15, 0.2) is 0 Å². The zero-order chi connectivity index (χ0) is 18.2. The van der Waals surface area contributed by atoms with Gasteiger partial charge < -0.3 is 4.90 Å². The van der Waals surface area contributed by atoms with Crippen molar-refractivity contribution in [3.63, 3.8) is 0 Å². The Kier molecular flexibility index (Phi) is 5.01. The fourth-order valence-electron chi connectivity index (χ4n) is 3.16. The van der Waals surface area contributed by atoms with Crippen LogP contribution in [0, 0.1) is 0 Å². The standard InChI is InChI=1S/C19H18Cl3N3/c1-19(2)13-6-4-5-7-16(13)25(3)17(19)8-9-23-24-18-14(21)10-12(20)11-15(18)22/h4-11,24H,1-3H3/b17-8+,23-9+. The molecule has 0 radical (unpaired) electrons. The van der Waals surface area contributed by atoms with Crippen molar-refractivity contribution in [2.45, 2.75) is 19.3 Å². The number of likely N-dealkylation sites (N-methyl/N-ethyl adjacent to an activating group) is 1. The molecule has 3 nitrogen and oxygen atoms in total. The quantitative estimate of drug-likeness (QED) is 0.485. The van der Waals surface area contributed by atoms with Crippen molar-refractivity contribution in [1.82, 2.24) is 0 Å². The van der Waals surface area contributed by atoms with Gasteiger partial charge in [-0.2, -0.15) is 5.10 Å². The minimum Gasteiger partial charge on any atom is -0.347 e. The van der Waals surface area contributed by atoms with E-state index in [1.54, 1.807) is 18.3 Å². The minimum absolute atomic E-state index is 0.0904. The second-order valence-corrected chi connectivity index (χ2v) is 7.64. The van der Waals surface area contributed by atoms with Gasteiger partial charge in [0.05, 0.1) is 15.7 Å². The predicted octanol–water partition coefficient (Wildman–Crippen LogP) is 6.36. The highest BCUT2D eigenvalue weighted by Gasteiger charge is 2.37. The summed E-state index contributed by atoms with van der Waals surface area (Å²) in [5.74, 6) is 0. The van der Waals surface area contributed by atoms with E-state index in [0.717, 1.165) is 5.70 Å². The number of allylic oxidation sites excluding steroid dienone is 2. The molecular weight excluding hydrogens is 377 g/mol. The molecule has 0 atom stereocenters. The number of nitrogens with one attached hydrogen (secondary N) is 1. The molecule has 0 aromatic heterocycles. The van der Waals surface area contributed by atoms with Crippen LogP contribution in [0.4, 0.5) is 11.4 Å². The number of nitrogens with zero attached hydrogens (tertiary/aromatic N) is 2. The molecule has 0 bridgehead atoms. The van der Waals surface area contributed by atoms with Crippen LogP contribution >= 0.6 is 34.8 Å². The second kappa shape index (κ2) is 6.91. The van der Waals surface area contributed by atoms with E-state index >= 15 is 0 Å². The van der Waals surface area contributed by atoms with E-state index in [9.17, 15) is 0 Å². The number of fused-ring (bicyclic) bond motifs is 1. The summed E-state index contributed by atoms with van der Waals surface area (Å²) in [5, 5.41) is 5.56. The van der Waals surface area contributed by atoms with Gasteiger partial charge in [0, 0.05) is 35.1 Å². The van der Waals surface area contributed by atoms with Crippen LogP contribution in [-0.2, 0) is 5.41 Å². The molecule has 0 saturated carbocycles. The summed E-state index contributed by atoms with van der Waals surface area (Å²) in [5.41, 5.74) is 6.99. The molecule has 130 valence electrons. The number of benzene rings is 2. The van der Waals surface area contributed by atoms with Crippen LogP contribution < -0.4 is 10.3 Å². The van der Waals surface area contributed by atoms with Crippen LogP contribution in [0.1, 0.15) is 19.4 Å². The average Bonchev–Trinajstić information content (AvgIpc) is 2.74. The molecule has 2 aromatic rings. The van der Waals surface area contributed by atoms with Gasteiger partial charge >= 0.3 is 0 Å². The second-order valence-electron chi connectivity index (χ2n) is 6.39. The molecule has 3 rings (SSSR count). The average molecular weight is 395 g/mol. The zero-order valence-electron chi connectivity index (χ0n) is 14.1. The molecule has 0 saturated heterocycles. The maximum atomic E-state index is 6.14. The number of hydrogen-bond acceptors (Lipinski definition) is 3. The number of para-hydroxylation sites is 1. The van der Waals surface area contributed by atoms with Gasteiger partial charge in [-0.15, -0.1) is 0 Å². The topological polar surface area (TPSA) is 27.6 Å². The van der Waals surface area contributed by atoms with Gasteiger partial charge in [-0.3, -0.25) is 5.43 Å². The molecule has 25 heavy (non-hydrogen) atoms. The number of hydrazone groups is 1. The summed E-state index contributed by atoms with van der Waals surface area (Å²) in [4.78, 5) is 2.18. The van der Waals surface area contributed by atoms with Crippen LogP contribution in [0.15, 0.2) is 53.3 Å². The molecule has 0 spiro atoms. The van der Waals surface area contributed by atoms with Crippen LogP contribution in [0.2, 0.25) is 15.1 Å². The molecule has 0 unspecified atom stereocenters. The highest BCUT2D eigenvalue weighted by Crippen LogP contribution is 2.46. The Morgan fingerprint density at radius 2 is 1.72 bits per heavy atom.